The third kappa shape index (κ3) is 4.11. The van der Waals surface area contributed by atoms with Gasteiger partial charge in [0.1, 0.15) is 17.8 Å². The van der Waals surface area contributed by atoms with Crippen molar-refractivity contribution in [2.75, 3.05) is 5.73 Å². The van der Waals surface area contributed by atoms with Gasteiger partial charge in [0, 0.05) is 36.9 Å². The molecule has 0 spiro atoms. The minimum absolute atomic E-state index is 0.0344. The quantitative estimate of drug-likeness (QED) is 0.555. The van der Waals surface area contributed by atoms with Crippen LogP contribution in [0.25, 0.3) is 0 Å². The Morgan fingerprint density at radius 3 is 2.75 bits per heavy atom. The molecule has 3 aromatic rings. The lowest BCUT2D eigenvalue weighted by Gasteiger charge is -2.10. The monoisotopic (exact) mass is 444 g/mol. The summed E-state index contributed by atoms with van der Waals surface area (Å²) in [4.78, 5) is 24.9. The molecule has 4 N–H and O–H groups in total. The van der Waals surface area contributed by atoms with Crippen LogP contribution in [-0.2, 0) is 19.1 Å². The molecule has 0 radical (unpaired) electrons. The second-order valence-corrected chi connectivity index (χ2v) is 7.51. The predicted octanol–water partition coefficient (Wildman–Crippen LogP) is 3.58. The van der Waals surface area contributed by atoms with Crippen molar-refractivity contribution in [2.45, 2.75) is 38.4 Å². The zero-order valence-electron chi connectivity index (χ0n) is 17.0. The molecule has 0 amide bonds. The molecule has 0 saturated carbocycles. The number of aromatic nitrogens is 3. The average molecular weight is 444 g/mol. The maximum absolute atomic E-state index is 12.9. The number of rotatable bonds is 6. The molecule has 1 aromatic carbocycles. The number of Topliss-reactive ketones (excluding diaryl/α,β-unsaturated/α-hetero) is 1. The summed E-state index contributed by atoms with van der Waals surface area (Å²) < 4.78 is 44.2. The summed E-state index contributed by atoms with van der Waals surface area (Å²) in [6, 6.07) is 5.07. The molecule has 32 heavy (non-hydrogen) atoms. The Balaban J connectivity index is 1.48. The fraction of sp³-hybridized carbons (Fsp3) is 0.286. The van der Waals surface area contributed by atoms with Crippen LogP contribution in [0.3, 0.4) is 0 Å². The number of nitrogen functional groups attached to an aromatic ring is 1. The first-order valence-electron chi connectivity index (χ1n) is 9.74. The maximum atomic E-state index is 12.9. The van der Waals surface area contributed by atoms with Gasteiger partial charge in [0.2, 0.25) is 0 Å². The molecule has 0 aliphatic carbocycles. The Labute approximate surface area is 180 Å². The number of ketones is 1. The van der Waals surface area contributed by atoms with Crippen LogP contribution < -0.4 is 11.5 Å². The van der Waals surface area contributed by atoms with E-state index in [0.717, 1.165) is 12.1 Å². The van der Waals surface area contributed by atoms with Crippen molar-refractivity contribution >= 4 is 23.0 Å². The van der Waals surface area contributed by atoms with E-state index in [4.69, 9.17) is 16.0 Å². The van der Waals surface area contributed by atoms with Crippen LogP contribution in [0.2, 0.25) is 0 Å². The van der Waals surface area contributed by atoms with Crippen LogP contribution in [0.15, 0.2) is 40.1 Å². The van der Waals surface area contributed by atoms with Gasteiger partial charge < -0.3 is 16.0 Å². The molecule has 0 bridgehead atoms. The van der Waals surface area contributed by atoms with Crippen molar-refractivity contribution in [3.05, 3.63) is 64.4 Å². The molecule has 1 aliphatic heterocycles. The fourth-order valence-corrected chi connectivity index (χ4v) is 3.52. The summed E-state index contributed by atoms with van der Waals surface area (Å²) in [6.07, 6.45) is -2.93. The number of hydrogen-bond acceptors (Lipinski definition) is 8. The van der Waals surface area contributed by atoms with Gasteiger partial charge in [0.25, 0.3) is 0 Å². The summed E-state index contributed by atoms with van der Waals surface area (Å²) >= 11 is 0. The van der Waals surface area contributed by atoms with Gasteiger partial charge >= 0.3 is 6.18 Å². The summed E-state index contributed by atoms with van der Waals surface area (Å²) in [5.74, 6) is -0.0716. The Morgan fingerprint density at radius 1 is 1.25 bits per heavy atom. The largest absolute Gasteiger partial charge is 0.416 e. The second kappa shape index (κ2) is 8.15. The normalized spacial score (nSPS) is 14.2. The molecule has 1 atom stereocenters. The average Bonchev–Trinajstić information content (AvgIpc) is 3.39. The topological polar surface area (TPSA) is 133 Å². The third-order valence-corrected chi connectivity index (χ3v) is 5.28. The Hall–Kier alpha value is -3.60. The van der Waals surface area contributed by atoms with Gasteiger partial charge in [-0.05, 0) is 23.8 Å². The van der Waals surface area contributed by atoms with E-state index in [-0.39, 0.29) is 42.6 Å². The number of hydrogen-bond donors (Lipinski definition) is 2. The number of carbonyl (C=O) groups is 1. The summed E-state index contributed by atoms with van der Waals surface area (Å²) in [5.41, 5.74) is 13.2. The smallest absolute Gasteiger partial charge is 0.383 e. The number of fused-ring (bicyclic) bond motifs is 1. The highest BCUT2D eigenvalue weighted by molar-refractivity contribution is 6.04. The SMILES string of the molecule is C[C@@H](CC(=O)c1ncnc(N)c1CN)c1cc(C2=Nc3ccc(C(F)(F)F)cc3C2)on1. The summed E-state index contributed by atoms with van der Waals surface area (Å²) in [5, 5.41) is 4.02. The zero-order chi connectivity index (χ0) is 23.0. The van der Waals surface area contributed by atoms with Crippen LogP contribution in [0.5, 0.6) is 0 Å². The predicted molar refractivity (Wildman–Crippen MR) is 110 cm³/mol. The molecule has 1 aliphatic rings. The lowest BCUT2D eigenvalue weighted by atomic mass is 9.97. The lowest BCUT2D eigenvalue weighted by molar-refractivity contribution is -0.137. The van der Waals surface area contributed by atoms with Crippen molar-refractivity contribution in [3.63, 3.8) is 0 Å². The number of nitrogens with two attached hydrogens (primary N) is 2. The van der Waals surface area contributed by atoms with Crippen molar-refractivity contribution in [3.8, 4) is 0 Å². The van der Waals surface area contributed by atoms with Gasteiger partial charge in [-0.2, -0.15) is 13.2 Å². The molecular formula is C21H19F3N6O2. The number of alkyl halides is 3. The van der Waals surface area contributed by atoms with E-state index in [1.807, 2.05) is 0 Å². The van der Waals surface area contributed by atoms with Crippen molar-refractivity contribution < 1.29 is 22.5 Å². The number of aliphatic imine (C=N–C) groups is 1. The highest BCUT2D eigenvalue weighted by atomic mass is 19.4. The summed E-state index contributed by atoms with van der Waals surface area (Å²) in [7, 11) is 0. The van der Waals surface area contributed by atoms with Crippen LogP contribution in [0.1, 0.15) is 57.9 Å². The first kappa shape index (κ1) is 21.6. The van der Waals surface area contributed by atoms with Crippen molar-refractivity contribution in [2.24, 2.45) is 10.7 Å². The molecule has 0 unspecified atom stereocenters. The first-order valence-corrected chi connectivity index (χ1v) is 9.74. The van der Waals surface area contributed by atoms with Gasteiger partial charge in [-0.25, -0.2) is 15.0 Å². The number of nitrogens with zero attached hydrogens (tertiary/aromatic N) is 4. The Morgan fingerprint density at radius 2 is 2.03 bits per heavy atom. The van der Waals surface area contributed by atoms with E-state index in [1.165, 1.54) is 12.4 Å². The van der Waals surface area contributed by atoms with Crippen LogP contribution >= 0.6 is 0 Å². The standard InChI is InChI=1S/C21H19F3N6O2/c1-10(4-17(31)19-13(8-25)20(26)28-9-27-19)15-7-18(32-30-15)16-6-11-5-12(21(22,23)24)2-3-14(11)29-16/h2-3,5,7,9-10H,4,6,8,25H2,1H3,(H2,26,27,28)/t10-/m0/s1. The molecule has 11 heteroatoms. The number of halogens is 3. The minimum Gasteiger partial charge on any atom is -0.383 e. The molecule has 0 fully saturated rings. The maximum Gasteiger partial charge on any atom is 0.416 e. The van der Waals surface area contributed by atoms with Crippen LogP contribution in [0, 0.1) is 0 Å². The van der Waals surface area contributed by atoms with E-state index >= 15 is 0 Å². The van der Waals surface area contributed by atoms with E-state index in [9.17, 15) is 18.0 Å². The van der Waals surface area contributed by atoms with Crippen LogP contribution in [0.4, 0.5) is 24.7 Å². The highest BCUT2D eigenvalue weighted by Gasteiger charge is 2.32. The highest BCUT2D eigenvalue weighted by Crippen LogP contribution is 2.36. The fourth-order valence-electron chi connectivity index (χ4n) is 3.52. The molecule has 4 rings (SSSR count). The van der Waals surface area contributed by atoms with Gasteiger partial charge in [-0.15, -0.1) is 0 Å². The molecule has 2 aromatic heterocycles. The summed E-state index contributed by atoms with van der Waals surface area (Å²) in [6.45, 7) is 1.83. The van der Waals surface area contributed by atoms with E-state index < -0.39 is 11.7 Å². The molecule has 0 saturated heterocycles. The van der Waals surface area contributed by atoms with E-state index in [2.05, 4.69) is 20.1 Å². The molecular weight excluding hydrogens is 425 g/mol. The lowest BCUT2D eigenvalue weighted by Crippen LogP contribution is -2.15. The van der Waals surface area contributed by atoms with Crippen molar-refractivity contribution in [1.29, 1.82) is 0 Å². The van der Waals surface area contributed by atoms with Crippen molar-refractivity contribution in [1.82, 2.24) is 15.1 Å². The minimum atomic E-state index is -4.42. The first-order chi connectivity index (χ1) is 15.2. The van der Waals surface area contributed by atoms with Gasteiger partial charge in [-0.3, -0.25) is 4.79 Å². The van der Waals surface area contributed by atoms with Gasteiger partial charge in [0.15, 0.2) is 11.5 Å². The molecule has 8 nitrogen and oxygen atoms in total. The van der Waals surface area contributed by atoms with Gasteiger partial charge in [0.05, 0.1) is 22.7 Å². The Kier molecular flexibility index (Phi) is 5.51. The van der Waals surface area contributed by atoms with E-state index in [1.54, 1.807) is 13.0 Å². The number of anilines is 1. The van der Waals surface area contributed by atoms with E-state index in [0.29, 0.717) is 34.0 Å². The zero-order valence-corrected chi connectivity index (χ0v) is 17.0. The molecule has 166 valence electrons. The number of carbonyl (C=O) groups excluding carboxylic acids is 1. The van der Waals surface area contributed by atoms with Gasteiger partial charge in [-0.1, -0.05) is 12.1 Å². The third-order valence-electron chi connectivity index (χ3n) is 5.28. The Bertz CT molecular complexity index is 1220. The number of benzene rings is 1. The second-order valence-electron chi connectivity index (χ2n) is 7.51. The van der Waals surface area contributed by atoms with Crippen LogP contribution in [-0.4, -0.2) is 26.6 Å². The molecule has 3 heterocycles.